The van der Waals surface area contributed by atoms with Crippen LogP contribution in [0.5, 0.6) is 0 Å². The number of nitrogens with zero attached hydrogens (tertiary/aromatic N) is 2. The fourth-order valence-corrected chi connectivity index (χ4v) is 4.10. The predicted molar refractivity (Wildman–Crippen MR) is 130 cm³/mol. The van der Waals surface area contributed by atoms with Gasteiger partial charge in [-0.15, -0.1) is 0 Å². The number of aromatic amines is 1. The Balaban J connectivity index is 1.58. The fraction of sp³-hybridized carbons (Fsp3) is 0.0455. The molecule has 2 heterocycles. The number of rotatable bonds is 4. The van der Waals surface area contributed by atoms with Gasteiger partial charge < -0.3 is 20.0 Å². The average Bonchev–Trinajstić information content (AvgIpc) is 3.34. The highest BCUT2D eigenvalue weighted by Crippen LogP contribution is 2.34. The van der Waals surface area contributed by atoms with E-state index in [-0.39, 0.29) is 5.91 Å². The molecule has 1 amide bonds. The Labute approximate surface area is 200 Å². The SMILES string of the molecule is Cc1nc2c(o1)c(C(=O)Nc1ccc(Br)cc1)cc1[nH]c(Nc3c(Cl)cccc3Cl)nc12. The Hall–Kier alpha value is -3.07. The van der Waals surface area contributed by atoms with E-state index in [0.717, 1.165) is 4.47 Å². The minimum absolute atomic E-state index is 0.325. The van der Waals surface area contributed by atoms with Crippen molar-refractivity contribution >= 4 is 84.5 Å². The lowest BCUT2D eigenvalue weighted by Crippen LogP contribution is -2.12. The van der Waals surface area contributed by atoms with Crippen molar-refractivity contribution in [3.8, 4) is 0 Å². The number of amides is 1. The molecule has 0 bridgehead atoms. The van der Waals surface area contributed by atoms with Crippen molar-refractivity contribution in [3.05, 3.63) is 74.5 Å². The molecule has 0 radical (unpaired) electrons. The highest BCUT2D eigenvalue weighted by atomic mass is 79.9. The summed E-state index contributed by atoms with van der Waals surface area (Å²) in [7, 11) is 0. The molecular formula is C22H14BrCl2N5O2. The van der Waals surface area contributed by atoms with Crippen molar-refractivity contribution in [2.45, 2.75) is 6.92 Å². The third-order valence-corrected chi connectivity index (χ3v) is 5.93. The zero-order valence-corrected chi connectivity index (χ0v) is 19.6. The summed E-state index contributed by atoms with van der Waals surface area (Å²) in [6.45, 7) is 1.72. The second-order valence-corrected chi connectivity index (χ2v) is 8.73. The van der Waals surface area contributed by atoms with Gasteiger partial charge in [-0.3, -0.25) is 4.79 Å². The summed E-state index contributed by atoms with van der Waals surface area (Å²) in [6, 6.07) is 14.2. The van der Waals surface area contributed by atoms with E-state index in [1.165, 1.54) is 0 Å². The molecule has 0 spiro atoms. The zero-order valence-electron chi connectivity index (χ0n) is 16.5. The molecule has 10 heteroatoms. The number of hydrogen-bond donors (Lipinski definition) is 3. The van der Waals surface area contributed by atoms with Crippen molar-refractivity contribution < 1.29 is 9.21 Å². The third kappa shape index (κ3) is 3.81. The van der Waals surface area contributed by atoms with Crippen molar-refractivity contribution in [2.24, 2.45) is 0 Å². The number of aromatic nitrogens is 3. The molecular weight excluding hydrogens is 517 g/mol. The number of imidazole rings is 1. The highest BCUT2D eigenvalue weighted by Gasteiger charge is 2.21. The maximum absolute atomic E-state index is 13.1. The lowest BCUT2D eigenvalue weighted by Gasteiger charge is -2.07. The lowest BCUT2D eigenvalue weighted by molar-refractivity contribution is 0.102. The predicted octanol–water partition coefficient (Wildman–Crippen LogP) is 7.08. The second kappa shape index (κ2) is 8.12. The van der Waals surface area contributed by atoms with E-state index in [1.54, 1.807) is 43.3 Å². The summed E-state index contributed by atoms with van der Waals surface area (Å²) < 4.78 is 6.67. The first-order valence-electron chi connectivity index (χ1n) is 9.47. The number of benzene rings is 3. The number of fused-ring (bicyclic) bond motifs is 3. The minimum atomic E-state index is -0.325. The second-order valence-electron chi connectivity index (χ2n) is 7.00. The first-order valence-corrected chi connectivity index (χ1v) is 11.0. The average molecular weight is 531 g/mol. The van der Waals surface area contributed by atoms with Crippen molar-refractivity contribution in [1.82, 2.24) is 15.0 Å². The fourth-order valence-electron chi connectivity index (χ4n) is 3.35. The van der Waals surface area contributed by atoms with Gasteiger partial charge in [0.05, 0.1) is 26.8 Å². The standard InChI is InChI=1S/C22H14BrCl2N5O2/c1-10-26-19-18-16(28-22(30-18)29-17-14(24)3-2-4-15(17)25)9-13(20(19)32-10)21(31)27-12-7-5-11(23)6-8-12/h2-9H,1H3,(H,27,31)(H2,28,29,30). The van der Waals surface area contributed by atoms with Crippen LogP contribution in [-0.4, -0.2) is 20.9 Å². The summed E-state index contributed by atoms with van der Waals surface area (Å²) in [5.41, 5.74) is 3.52. The van der Waals surface area contributed by atoms with Gasteiger partial charge in [-0.2, -0.15) is 0 Å². The molecule has 5 aromatic rings. The maximum atomic E-state index is 13.1. The van der Waals surface area contributed by atoms with E-state index in [0.29, 0.717) is 61.0 Å². The van der Waals surface area contributed by atoms with Crippen LogP contribution in [0, 0.1) is 6.92 Å². The number of para-hydroxylation sites is 1. The number of carbonyl (C=O) groups excluding carboxylic acids is 1. The topological polar surface area (TPSA) is 95.8 Å². The number of halogens is 3. The number of anilines is 3. The number of aryl methyl sites for hydroxylation is 1. The number of H-pyrrole nitrogens is 1. The van der Waals surface area contributed by atoms with Gasteiger partial charge in [0.1, 0.15) is 11.0 Å². The molecule has 3 aromatic carbocycles. The number of nitrogens with one attached hydrogen (secondary N) is 3. The van der Waals surface area contributed by atoms with E-state index in [9.17, 15) is 4.79 Å². The molecule has 0 atom stereocenters. The van der Waals surface area contributed by atoms with Crippen LogP contribution in [0.25, 0.3) is 22.1 Å². The van der Waals surface area contributed by atoms with E-state index >= 15 is 0 Å². The van der Waals surface area contributed by atoms with E-state index in [1.807, 2.05) is 12.1 Å². The molecule has 2 aromatic heterocycles. The Morgan fingerprint density at radius 3 is 2.50 bits per heavy atom. The van der Waals surface area contributed by atoms with E-state index in [2.05, 4.69) is 41.5 Å². The van der Waals surface area contributed by atoms with Crippen LogP contribution in [-0.2, 0) is 0 Å². The van der Waals surface area contributed by atoms with Crippen molar-refractivity contribution in [3.63, 3.8) is 0 Å². The molecule has 7 nitrogen and oxygen atoms in total. The summed E-state index contributed by atoms with van der Waals surface area (Å²) in [5.74, 6) is 0.507. The smallest absolute Gasteiger partial charge is 0.259 e. The van der Waals surface area contributed by atoms with Gasteiger partial charge in [-0.25, -0.2) is 9.97 Å². The van der Waals surface area contributed by atoms with Crippen LogP contribution in [0.1, 0.15) is 16.2 Å². The molecule has 0 aliphatic heterocycles. The number of hydrogen-bond acceptors (Lipinski definition) is 5. The molecule has 0 saturated carbocycles. The van der Waals surface area contributed by atoms with Gasteiger partial charge in [-0.1, -0.05) is 45.2 Å². The molecule has 0 unspecified atom stereocenters. The molecule has 0 fully saturated rings. The third-order valence-electron chi connectivity index (χ3n) is 4.78. The first kappa shape index (κ1) is 20.8. The summed E-state index contributed by atoms with van der Waals surface area (Å²) in [6.07, 6.45) is 0. The van der Waals surface area contributed by atoms with Gasteiger partial charge in [0, 0.05) is 17.1 Å². The maximum Gasteiger partial charge on any atom is 0.259 e. The van der Waals surface area contributed by atoms with Gasteiger partial charge in [0.2, 0.25) is 5.95 Å². The molecule has 160 valence electrons. The monoisotopic (exact) mass is 529 g/mol. The molecule has 0 saturated heterocycles. The Morgan fingerprint density at radius 2 is 1.78 bits per heavy atom. The molecule has 5 rings (SSSR count). The quantitative estimate of drug-likeness (QED) is 0.231. The lowest BCUT2D eigenvalue weighted by atomic mass is 10.1. The van der Waals surface area contributed by atoms with Crippen molar-refractivity contribution in [2.75, 3.05) is 10.6 Å². The molecule has 0 aliphatic rings. The first-order chi connectivity index (χ1) is 15.4. The zero-order chi connectivity index (χ0) is 22.4. The van der Waals surface area contributed by atoms with Crippen LogP contribution >= 0.6 is 39.1 Å². The largest absolute Gasteiger partial charge is 0.440 e. The van der Waals surface area contributed by atoms with Crippen LogP contribution < -0.4 is 10.6 Å². The molecule has 32 heavy (non-hydrogen) atoms. The van der Waals surface area contributed by atoms with Gasteiger partial charge in [-0.05, 0) is 42.5 Å². The number of carbonyl (C=O) groups is 1. The minimum Gasteiger partial charge on any atom is -0.440 e. The molecule has 0 aliphatic carbocycles. The van der Waals surface area contributed by atoms with Crippen LogP contribution in [0.15, 0.2) is 57.4 Å². The molecule has 3 N–H and O–H groups in total. The van der Waals surface area contributed by atoms with E-state index < -0.39 is 0 Å². The normalized spacial score (nSPS) is 11.2. The summed E-state index contributed by atoms with van der Waals surface area (Å²) in [5, 5.41) is 6.89. The van der Waals surface area contributed by atoms with Crippen LogP contribution in [0.4, 0.5) is 17.3 Å². The van der Waals surface area contributed by atoms with Crippen LogP contribution in [0.2, 0.25) is 10.0 Å². The Morgan fingerprint density at radius 1 is 1.06 bits per heavy atom. The Bertz CT molecular complexity index is 1470. The summed E-state index contributed by atoms with van der Waals surface area (Å²) >= 11 is 15.9. The van der Waals surface area contributed by atoms with Crippen LogP contribution in [0.3, 0.4) is 0 Å². The van der Waals surface area contributed by atoms with E-state index in [4.69, 9.17) is 27.6 Å². The van der Waals surface area contributed by atoms with Crippen molar-refractivity contribution in [1.29, 1.82) is 0 Å². The Kier molecular flexibility index (Phi) is 5.28. The van der Waals surface area contributed by atoms with Gasteiger partial charge >= 0.3 is 0 Å². The van der Waals surface area contributed by atoms with Gasteiger partial charge in [0.15, 0.2) is 11.5 Å². The highest BCUT2D eigenvalue weighted by molar-refractivity contribution is 9.10. The number of oxazole rings is 1. The van der Waals surface area contributed by atoms with Gasteiger partial charge in [0.25, 0.3) is 5.91 Å². The summed E-state index contributed by atoms with van der Waals surface area (Å²) in [4.78, 5) is 25.2.